The highest BCUT2D eigenvalue weighted by Gasteiger charge is 2.30. The van der Waals surface area contributed by atoms with Gasteiger partial charge in [-0.3, -0.25) is 14.9 Å². The fourth-order valence-corrected chi connectivity index (χ4v) is 2.76. The van der Waals surface area contributed by atoms with Gasteiger partial charge in [0.05, 0.1) is 10.5 Å². The molecule has 0 fully saturated rings. The first kappa shape index (κ1) is 17.4. The van der Waals surface area contributed by atoms with Crippen LogP contribution in [-0.2, 0) is 16.0 Å². The summed E-state index contributed by atoms with van der Waals surface area (Å²) in [5, 5.41) is 16.5. The van der Waals surface area contributed by atoms with Crippen molar-refractivity contribution in [2.45, 2.75) is 12.5 Å². The maximum absolute atomic E-state index is 12.2. The van der Waals surface area contributed by atoms with Crippen molar-refractivity contribution in [1.29, 1.82) is 0 Å². The lowest BCUT2D eigenvalue weighted by atomic mass is 9.98. The molecule has 2 aromatic rings. The first-order valence-electron chi connectivity index (χ1n) is 8.10. The fraction of sp³-hybridized carbons (Fsp3) is 0.222. The molecule has 8 heteroatoms. The third kappa shape index (κ3) is 3.80. The van der Waals surface area contributed by atoms with Crippen molar-refractivity contribution in [3.05, 3.63) is 69.8 Å². The Kier molecular flexibility index (Phi) is 5.12. The minimum absolute atomic E-state index is 0.0309. The number of anilines is 1. The third-order valence-electron chi connectivity index (χ3n) is 4.02. The number of rotatable bonds is 6. The maximum atomic E-state index is 12.2. The number of esters is 1. The number of ether oxygens (including phenoxy) is 1. The van der Waals surface area contributed by atoms with Crippen molar-refractivity contribution in [2.24, 2.45) is 0 Å². The summed E-state index contributed by atoms with van der Waals surface area (Å²) in [6.45, 7) is 0.536. The van der Waals surface area contributed by atoms with Gasteiger partial charge in [0.2, 0.25) is 0 Å². The van der Waals surface area contributed by atoms with Crippen LogP contribution in [0.25, 0.3) is 0 Å². The average Bonchev–Trinajstić information content (AvgIpc) is 2.65. The molecule has 2 N–H and O–H groups in total. The lowest BCUT2D eigenvalue weighted by molar-refractivity contribution is -0.384. The van der Waals surface area contributed by atoms with Gasteiger partial charge < -0.3 is 15.4 Å². The number of cyclic esters (lactones) is 1. The molecule has 1 heterocycles. The van der Waals surface area contributed by atoms with Gasteiger partial charge in [0, 0.05) is 25.6 Å². The van der Waals surface area contributed by atoms with Crippen LogP contribution < -0.4 is 10.6 Å². The molecule has 0 saturated carbocycles. The molecule has 0 radical (unpaired) electrons. The van der Waals surface area contributed by atoms with Gasteiger partial charge in [-0.2, -0.15) is 0 Å². The van der Waals surface area contributed by atoms with E-state index >= 15 is 0 Å². The van der Waals surface area contributed by atoms with E-state index in [9.17, 15) is 19.7 Å². The number of carbonyl (C=O) groups excluding carboxylic acids is 2. The largest absolute Gasteiger partial charge is 0.448 e. The maximum Gasteiger partial charge on any atom is 0.339 e. The van der Waals surface area contributed by atoms with Gasteiger partial charge in [-0.1, -0.05) is 30.3 Å². The van der Waals surface area contributed by atoms with Crippen LogP contribution in [0.4, 0.5) is 11.4 Å². The summed E-state index contributed by atoms with van der Waals surface area (Å²) >= 11 is 0. The number of nitrogens with zero attached hydrogens (tertiary/aromatic N) is 1. The zero-order valence-corrected chi connectivity index (χ0v) is 13.8. The molecule has 0 aliphatic carbocycles. The Balaban J connectivity index is 1.51. The van der Waals surface area contributed by atoms with E-state index in [2.05, 4.69) is 10.6 Å². The Bertz CT molecular complexity index is 852. The Hall–Kier alpha value is -3.42. The van der Waals surface area contributed by atoms with Crippen LogP contribution >= 0.6 is 0 Å². The molecule has 8 nitrogen and oxygen atoms in total. The third-order valence-corrected chi connectivity index (χ3v) is 4.02. The quantitative estimate of drug-likeness (QED) is 0.354. The number of para-hydroxylation sites is 2. The predicted molar refractivity (Wildman–Crippen MR) is 93.9 cm³/mol. The second kappa shape index (κ2) is 7.64. The minimum Gasteiger partial charge on any atom is -0.448 e. The minimum atomic E-state index is -0.872. The highest BCUT2D eigenvalue weighted by molar-refractivity contribution is 5.95. The van der Waals surface area contributed by atoms with Crippen LogP contribution in [0.1, 0.15) is 15.9 Å². The van der Waals surface area contributed by atoms with Gasteiger partial charge in [-0.05, 0) is 17.7 Å². The second-order valence-electron chi connectivity index (χ2n) is 5.75. The zero-order valence-electron chi connectivity index (χ0n) is 13.8. The molecule has 134 valence electrons. The summed E-state index contributed by atoms with van der Waals surface area (Å²) in [4.78, 5) is 34.6. The van der Waals surface area contributed by atoms with Gasteiger partial charge in [0.15, 0.2) is 6.10 Å². The van der Waals surface area contributed by atoms with Gasteiger partial charge in [-0.25, -0.2) is 4.79 Å². The van der Waals surface area contributed by atoms with E-state index in [1.807, 2.05) is 6.07 Å². The number of hydrogen-bond donors (Lipinski definition) is 2. The zero-order chi connectivity index (χ0) is 18.5. The number of fused-ring (bicyclic) bond motifs is 1. The fourth-order valence-electron chi connectivity index (χ4n) is 2.76. The smallest absolute Gasteiger partial charge is 0.339 e. The molecular formula is C18H17N3O5. The van der Waals surface area contributed by atoms with Gasteiger partial charge in [0.1, 0.15) is 5.69 Å². The molecule has 0 saturated heterocycles. The lowest BCUT2D eigenvalue weighted by Gasteiger charge is -2.23. The summed E-state index contributed by atoms with van der Waals surface area (Å²) in [5.41, 5.74) is 1.61. The second-order valence-corrected chi connectivity index (χ2v) is 5.75. The van der Waals surface area contributed by atoms with Gasteiger partial charge in [-0.15, -0.1) is 0 Å². The Morgan fingerprint density at radius 1 is 1.15 bits per heavy atom. The molecule has 1 aliphatic rings. The molecule has 0 aromatic heterocycles. The first-order chi connectivity index (χ1) is 12.6. The van der Waals surface area contributed by atoms with Gasteiger partial charge in [0.25, 0.3) is 11.6 Å². The van der Waals surface area contributed by atoms with Crippen molar-refractivity contribution in [3.8, 4) is 0 Å². The van der Waals surface area contributed by atoms with E-state index in [0.29, 0.717) is 24.2 Å². The highest BCUT2D eigenvalue weighted by Crippen LogP contribution is 2.23. The van der Waals surface area contributed by atoms with Crippen molar-refractivity contribution < 1.29 is 19.2 Å². The Morgan fingerprint density at radius 2 is 1.88 bits per heavy atom. The van der Waals surface area contributed by atoms with E-state index < -0.39 is 22.9 Å². The average molecular weight is 355 g/mol. The number of benzene rings is 2. The molecule has 1 unspecified atom stereocenters. The molecular weight excluding hydrogens is 338 g/mol. The predicted octanol–water partition coefficient (Wildman–Crippen LogP) is 1.90. The van der Waals surface area contributed by atoms with E-state index in [0.717, 1.165) is 5.56 Å². The van der Waals surface area contributed by atoms with E-state index in [1.165, 1.54) is 6.07 Å². The molecule has 1 amide bonds. The summed E-state index contributed by atoms with van der Waals surface area (Å²) in [6.07, 6.45) is -0.547. The van der Waals surface area contributed by atoms with Crippen molar-refractivity contribution >= 4 is 23.3 Å². The SMILES string of the molecule is O=C1OC(C(=O)NCCNc2ccccc2[N+](=O)[O-])Cc2ccccc21. The molecule has 0 bridgehead atoms. The molecule has 26 heavy (non-hydrogen) atoms. The number of nitrogens with one attached hydrogen (secondary N) is 2. The van der Waals surface area contributed by atoms with Crippen molar-refractivity contribution in [2.75, 3.05) is 18.4 Å². The Morgan fingerprint density at radius 3 is 2.69 bits per heavy atom. The summed E-state index contributed by atoms with van der Waals surface area (Å²) in [7, 11) is 0. The molecule has 3 rings (SSSR count). The number of carbonyl (C=O) groups is 2. The molecule has 2 aromatic carbocycles. The number of nitro groups is 1. The van der Waals surface area contributed by atoms with Crippen LogP contribution in [-0.4, -0.2) is 36.0 Å². The van der Waals surface area contributed by atoms with E-state index in [1.54, 1.807) is 36.4 Å². The molecule has 1 aliphatic heterocycles. The monoisotopic (exact) mass is 355 g/mol. The van der Waals surface area contributed by atoms with E-state index in [-0.39, 0.29) is 12.2 Å². The standard InChI is InChI=1S/C18H17N3O5/c22-17(16-11-12-5-1-2-6-13(12)18(23)26-16)20-10-9-19-14-7-3-4-8-15(14)21(24)25/h1-8,16,19H,9-11H2,(H,20,22). The molecule has 0 spiro atoms. The van der Waals surface area contributed by atoms with Crippen LogP contribution in [0.15, 0.2) is 48.5 Å². The number of hydrogen-bond acceptors (Lipinski definition) is 6. The normalized spacial score (nSPS) is 15.5. The highest BCUT2D eigenvalue weighted by atomic mass is 16.6. The van der Waals surface area contributed by atoms with E-state index in [4.69, 9.17) is 4.74 Å². The summed E-state index contributed by atoms with van der Waals surface area (Å²) in [5.74, 6) is -0.901. The van der Waals surface area contributed by atoms with Gasteiger partial charge >= 0.3 is 5.97 Å². The summed E-state index contributed by atoms with van der Waals surface area (Å²) in [6, 6.07) is 13.3. The van der Waals surface area contributed by atoms with Crippen LogP contribution in [0.2, 0.25) is 0 Å². The van der Waals surface area contributed by atoms with Crippen LogP contribution in [0.5, 0.6) is 0 Å². The molecule has 1 atom stereocenters. The number of nitro benzene ring substituents is 1. The van der Waals surface area contributed by atoms with Crippen LogP contribution in [0, 0.1) is 10.1 Å². The lowest BCUT2D eigenvalue weighted by Crippen LogP contribution is -2.43. The van der Waals surface area contributed by atoms with Crippen LogP contribution in [0.3, 0.4) is 0 Å². The van der Waals surface area contributed by atoms with Crippen molar-refractivity contribution in [3.63, 3.8) is 0 Å². The first-order valence-corrected chi connectivity index (χ1v) is 8.10. The topological polar surface area (TPSA) is 111 Å². The number of amides is 1. The summed E-state index contributed by atoms with van der Waals surface area (Å²) < 4.78 is 5.18. The Labute approximate surface area is 149 Å². The van der Waals surface area contributed by atoms with Crippen molar-refractivity contribution in [1.82, 2.24) is 5.32 Å².